The fraction of sp³-hybridized carbons (Fsp3) is 0.154. The second-order valence-corrected chi connectivity index (χ2v) is 5.63. The Morgan fingerprint density at radius 2 is 2.35 bits per heavy atom. The van der Waals surface area contributed by atoms with Gasteiger partial charge in [0.2, 0.25) is 0 Å². The van der Waals surface area contributed by atoms with Gasteiger partial charge in [-0.1, -0.05) is 12.1 Å². The molecule has 7 heteroatoms. The van der Waals surface area contributed by atoms with Crippen LogP contribution in [0.25, 0.3) is 10.8 Å². The van der Waals surface area contributed by atoms with Gasteiger partial charge in [0.1, 0.15) is 22.2 Å². The fourth-order valence-corrected chi connectivity index (χ4v) is 2.54. The molecule has 1 N–H and O–H groups in total. The van der Waals surface area contributed by atoms with Gasteiger partial charge in [0.15, 0.2) is 0 Å². The highest BCUT2D eigenvalue weighted by Gasteiger charge is 2.09. The zero-order valence-electron chi connectivity index (χ0n) is 10.6. The van der Waals surface area contributed by atoms with Crippen LogP contribution >= 0.6 is 23.6 Å². The molecule has 2 aromatic heterocycles. The number of nitrogens with one attached hydrogen (secondary N) is 1. The number of H-pyrrole nitrogens is 1. The lowest BCUT2D eigenvalue weighted by atomic mass is 10.2. The highest BCUT2D eigenvalue weighted by atomic mass is 32.1. The molecule has 0 saturated heterocycles. The lowest BCUT2D eigenvalue weighted by molar-refractivity contribution is 0.305. The minimum atomic E-state index is 0.256. The first kappa shape index (κ1) is 13.0. The predicted molar refractivity (Wildman–Crippen MR) is 78.3 cm³/mol. The smallest absolute Gasteiger partial charge is 0.284 e. The molecule has 0 atom stereocenters. The normalized spacial score (nSPS) is 10.7. The molecule has 20 heavy (non-hydrogen) atoms. The highest BCUT2D eigenvalue weighted by Crippen LogP contribution is 2.25. The maximum absolute atomic E-state index is 5.70. The molecule has 0 spiro atoms. The molecule has 1 aromatic carbocycles. The van der Waals surface area contributed by atoms with Gasteiger partial charge < -0.3 is 9.15 Å². The summed E-state index contributed by atoms with van der Waals surface area (Å²) in [6.07, 6.45) is 1.70. The van der Waals surface area contributed by atoms with Gasteiger partial charge in [0.25, 0.3) is 10.7 Å². The summed E-state index contributed by atoms with van der Waals surface area (Å²) in [6, 6.07) is 7.90. The van der Waals surface area contributed by atoms with Gasteiger partial charge in [-0.2, -0.15) is 0 Å². The Labute approximate surface area is 124 Å². The minimum absolute atomic E-state index is 0.256. The zero-order valence-corrected chi connectivity index (χ0v) is 12.3. The molecule has 0 aliphatic rings. The average molecular weight is 305 g/mol. The highest BCUT2D eigenvalue weighted by molar-refractivity contribution is 7.71. The number of rotatable bonds is 4. The van der Waals surface area contributed by atoms with Gasteiger partial charge in [0, 0.05) is 0 Å². The van der Waals surface area contributed by atoms with E-state index in [-0.39, 0.29) is 4.84 Å². The van der Waals surface area contributed by atoms with E-state index in [1.54, 1.807) is 6.20 Å². The number of aryl methyl sites for hydroxylation is 1. The van der Waals surface area contributed by atoms with Gasteiger partial charge in [-0.15, -0.1) is 16.4 Å². The van der Waals surface area contributed by atoms with Gasteiger partial charge >= 0.3 is 0 Å². The number of nitrogens with zero attached hydrogens (tertiary/aromatic N) is 2. The Morgan fingerprint density at radius 3 is 3.10 bits per heavy atom. The van der Waals surface area contributed by atoms with Crippen molar-refractivity contribution in [2.24, 2.45) is 0 Å². The summed E-state index contributed by atoms with van der Waals surface area (Å²) in [7, 11) is 0. The Kier molecular flexibility index (Phi) is 3.62. The van der Waals surface area contributed by atoms with Crippen molar-refractivity contribution in [3.05, 3.63) is 45.9 Å². The van der Waals surface area contributed by atoms with E-state index in [0.29, 0.717) is 12.5 Å². The first-order valence-corrected chi connectivity index (χ1v) is 7.13. The quantitative estimate of drug-likeness (QED) is 0.744. The molecule has 2 heterocycles. The molecule has 0 aliphatic carbocycles. The first-order chi connectivity index (χ1) is 9.70. The van der Waals surface area contributed by atoms with E-state index in [9.17, 15) is 0 Å². The standard InChI is InChI=1S/C13H11N3O2S2/c1-8-3-2-4-9(5-8)17-7-11-14-6-10(20-11)12-15-16-13(19)18-12/h2-6H,7H2,1H3,(H,16,19). The van der Waals surface area contributed by atoms with Crippen LogP contribution in [0.5, 0.6) is 5.75 Å². The molecular formula is C13H11N3O2S2. The van der Waals surface area contributed by atoms with Gasteiger partial charge in [0.05, 0.1) is 6.20 Å². The monoisotopic (exact) mass is 305 g/mol. The summed E-state index contributed by atoms with van der Waals surface area (Å²) < 4.78 is 10.9. The van der Waals surface area contributed by atoms with E-state index in [1.807, 2.05) is 31.2 Å². The van der Waals surface area contributed by atoms with E-state index in [2.05, 4.69) is 15.2 Å². The van der Waals surface area contributed by atoms with E-state index in [0.717, 1.165) is 21.2 Å². The second kappa shape index (κ2) is 5.56. The van der Waals surface area contributed by atoms with Crippen LogP contribution in [0.2, 0.25) is 0 Å². The molecule has 3 rings (SSSR count). The van der Waals surface area contributed by atoms with E-state index >= 15 is 0 Å². The summed E-state index contributed by atoms with van der Waals surface area (Å²) in [6.45, 7) is 2.44. The van der Waals surface area contributed by atoms with Crippen molar-refractivity contribution in [2.75, 3.05) is 0 Å². The van der Waals surface area contributed by atoms with Gasteiger partial charge in [-0.3, -0.25) is 0 Å². The van der Waals surface area contributed by atoms with Crippen molar-refractivity contribution in [3.63, 3.8) is 0 Å². The molecule has 0 aliphatic heterocycles. The van der Waals surface area contributed by atoms with Crippen molar-refractivity contribution in [1.29, 1.82) is 0 Å². The van der Waals surface area contributed by atoms with Crippen molar-refractivity contribution in [1.82, 2.24) is 15.2 Å². The zero-order chi connectivity index (χ0) is 13.9. The third-order valence-corrected chi connectivity index (χ3v) is 3.69. The summed E-state index contributed by atoms with van der Waals surface area (Å²) in [5, 5.41) is 7.40. The molecular weight excluding hydrogens is 294 g/mol. The van der Waals surface area contributed by atoms with Crippen LogP contribution < -0.4 is 4.74 Å². The van der Waals surface area contributed by atoms with E-state index in [1.165, 1.54) is 11.3 Å². The van der Waals surface area contributed by atoms with Gasteiger partial charge in [-0.25, -0.2) is 10.1 Å². The number of hydrogen-bond donors (Lipinski definition) is 1. The molecule has 0 bridgehead atoms. The Hall–Kier alpha value is -1.99. The number of ether oxygens (including phenoxy) is 1. The van der Waals surface area contributed by atoms with Crippen LogP contribution in [0, 0.1) is 11.8 Å². The third-order valence-electron chi connectivity index (χ3n) is 2.55. The fourth-order valence-electron chi connectivity index (χ4n) is 1.66. The molecule has 0 amide bonds. The largest absolute Gasteiger partial charge is 0.486 e. The Balaban J connectivity index is 1.70. The van der Waals surface area contributed by atoms with Crippen molar-refractivity contribution < 1.29 is 9.15 Å². The van der Waals surface area contributed by atoms with Crippen LogP contribution in [0.15, 0.2) is 34.9 Å². The molecule has 0 fully saturated rings. The predicted octanol–water partition coefficient (Wildman–Crippen LogP) is 3.74. The van der Waals surface area contributed by atoms with Crippen molar-refractivity contribution >= 4 is 23.6 Å². The number of aromatic amines is 1. The van der Waals surface area contributed by atoms with Crippen LogP contribution in [-0.4, -0.2) is 15.2 Å². The van der Waals surface area contributed by atoms with Crippen LogP contribution in [0.4, 0.5) is 0 Å². The number of thiazole rings is 1. The SMILES string of the molecule is Cc1cccc(OCc2ncc(-c3n[nH]c(=S)o3)s2)c1. The van der Waals surface area contributed by atoms with Crippen molar-refractivity contribution in [2.45, 2.75) is 13.5 Å². The van der Waals surface area contributed by atoms with Gasteiger partial charge in [-0.05, 0) is 36.8 Å². The summed E-state index contributed by atoms with van der Waals surface area (Å²) in [5.41, 5.74) is 1.16. The second-order valence-electron chi connectivity index (χ2n) is 4.14. The summed E-state index contributed by atoms with van der Waals surface area (Å²) in [4.78, 5) is 5.36. The molecule has 3 aromatic rings. The topological polar surface area (TPSA) is 63.9 Å². The lowest BCUT2D eigenvalue weighted by Gasteiger charge is -2.04. The maximum Gasteiger partial charge on any atom is 0.284 e. The summed E-state index contributed by atoms with van der Waals surface area (Å²) >= 11 is 6.31. The van der Waals surface area contributed by atoms with Crippen LogP contribution in [-0.2, 0) is 6.61 Å². The number of benzene rings is 1. The van der Waals surface area contributed by atoms with Crippen LogP contribution in [0.3, 0.4) is 0 Å². The number of hydrogen-bond acceptors (Lipinski definition) is 6. The van der Waals surface area contributed by atoms with E-state index in [4.69, 9.17) is 21.4 Å². The van der Waals surface area contributed by atoms with E-state index < -0.39 is 0 Å². The minimum Gasteiger partial charge on any atom is -0.486 e. The summed E-state index contributed by atoms with van der Waals surface area (Å²) in [5.74, 6) is 1.29. The molecule has 0 radical (unpaired) electrons. The molecule has 102 valence electrons. The third kappa shape index (κ3) is 2.94. The van der Waals surface area contributed by atoms with Crippen molar-refractivity contribution in [3.8, 4) is 16.5 Å². The number of aromatic nitrogens is 3. The average Bonchev–Trinajstić information content (AvgIpc) is 3.05. The lowest BCUT2D eigenvalue weighted by Crippen LogP contribution is -1.94. The Morgan fingerprint density at radius 1 is 1.45 bits per heavy atom. The Bertz CT molecular complexity index is 776. The molecule has 0 saturated carbocycles. The molecule has 0 unspecified atom stereocenters. The maximum atomic E-state index is 5.70. The molecule has 5 nitrogen and oxygen atoms in total. The first-order valence-electron chi connectivity index (χ1n) is 5.91. The van der Waals surface area contributed by atoms with Crippen LogP contribution in [0.1, 0.15) is 10.6 Å².